The first-order valence-electron chi connectivity index (χ1n) is 5.84. The fourth-order valence-corrected chi connectivity index (χ4v) is 2.64. The summed E-state index contributed by atoms with van der Waals surface area (Å²) in [5.74, 6) is -0.928. The molecular weight excluding hydrogens is 254 g/mol. The van der Waals surface area contributed by atoms with Gasteiger partial charge >= 0.3 is 12.0 Å². The Labute approximate surface area is 109 Å². The molecule has 1 aromatic heterocycles. The number of rotatable bonds is 4. The summed E-state index contributed by atoms with van der Waals surface area (Å²) in [5, 5.41) is 14.6. The number of carboxylic acid groups (broad SMARTS) is 1. The number of hydrogen-bond acceptors (Lipinski definition) is 4. The van der Waals surface area contributed by atoms with Crippen LogP contribution in [0.5, 0.6) is 0 Å². The Morgan fingerprint density at radius 1 is 1.61 bits per heavy atom. The molecule has 1 saturated heterocycles. The molecule has 1 aliphatic heterocycles. The standard InChI is InChI=1S/C11H15N3O3S/c15-10(16)8-2-1-6-14(8)11(17)13-4-3-9-12-5-7-18-9/h5,7-8H,1-4,6H2,(H,13,17)(H,15,16). The number of thiazole rings is 1. The number of urea groups is 1. The highest BCUT2D eigenvalue weighted by atomic mass is 32.1. The van der Waals surface area contributed by atoms with Crippen LogP contribution in [-0.4, -0.2) is 46.1 Å². The van der Waals surface area contributed by atoms with Crippen molar-refractivity contribution >= 4 is 23.3 Å². The summed E-state index contributed by atoms with van der Waals surface area (Å²) >= 11 is 1.54. The number of carbonyl (C=O) groups excluding carboxylic acids is 1. The van der Waals surface area contributed by atoms with E-state index >= 15 is 0 Å². The summed E-state index contributed by atoms with van der Waals surface area (Å²) in [4.78, 5) is 28.3. The molecule has 0 spiro atoms. The molecule has 6 nitrogen and oxygen atoms in total. The Morgan fingerprint density at radius 2 is 2.44 bits per heavy atom. The van der Waals surface area contributed by atoms with Crippen molar-refractivity contribution < 1.29 is 14.7 Å². The van der Waals surface area contributed by atoms with Crippen molar-refractivity contribution in [3.8, 4) is 0 Å². The van der Waals surface area contributed by atoms with Crippen molar-refractivity contribution in [3.63, 3.8) is 0 Å². The zero-order chi connectivity index (χ0) is 13.0. The van der Waals surface area contributed by atoms with Crippen molar-refractivity contribution in [1.82, 2.24) is 15.2 Å². The third-order valence-electron chi connectivity index (χ3n) is 2.90. The Hall–Kier alpha value is -1.63. The lowest BCUT2D eigenvalue weighted by atomic mass is 10.2. The van der Waals surface area contributed by atoms with Gasteiger partial charge in [0.15, 0.2) is 0 Å². The summed E-state index contributed by atoms with van der Waals surface area (Å²) in [6, 6.07) is -0.971. The summed E-state index contributed by atoms with van der Waals surface area (Å²) in [6.07, 6.45) is 3.68. The van der Waals surface area contributed by atoms with Crippen molar-refractivity contribution in [3.05, 3.63) is 16.6 Å². The van der Waals surface area contributed by atoms with E-state index in [0.29, 0.717) is 25.9 Å². The predicted molar refractivity (Wildman–Crippen MR) is 66.6 cm³/mol. The summed E-state index contributed by atoms with van der Waals surface area (Å²) in [6.45, 7) is 0.995. The van der Waals surface area contributed by atoms with Crippen LogP contribution in [0.3, 0.4) is 0 Å². The van der Waals surface area contributed by atoms with E-state index in [1.807, 2.05) is 5.38 Å². The molecule has 2 heterocycles. The second-order valence-electron chi connectivity index (χ2n) is 4.10. The fourth-order valence-electron chi connectivity index (χ4n) is 2.02. The molecule has 1 unspecified atom stereocenters. The molecule has 1 fully saturated rings. The van der Waals surface area contributed by atoms with E-state index in [4.69, 9.17) is 5.11 Å². The molecule has 2 amide bonds. The molecule has 0 saturated carbocycles. The number of likely N-dealkylation sites (tertiary alicyclic amines) is 1. The maximum Gasteiger partial charge on any atom is 0.326 e. The Bertz CT molecular complexity index is 421. The summed E-state index contributed by atoms with van der Waals surface area (Å²) < 4.78 is 0. The second-order valence-corrected chi connectivity index (χ2v) is 5.08. The first kappa shape index (κ1) is 12.8. The van der Waals surface area contributed by atoms with Crippen molar-refractivity contribution in [2.75, 3.05) is 13.1 Å². The van der Waals surface area contributed by atoms with E-state index in [2.05, 4.69) is 10.3 Å². The molecule has 0 aromatic carbocycles. The van der Waals surface area contributed by atoms with Gasteiger partial charge in [0.1, 0.15) is 6.04 Å². The molecule has 0 radical (unpaired) electrons. The van der Waals surface area contributed by atoms with Crippen LogP contribution in [0.2, 0.25) is 0 Å². The number of amides is 2. The van der Waals surface area contributed by atoms with Gasteiger partial charge in [0.25, 0.3) is 0 Å². The van der Waals surface area contributed by atoms with Gasteiger partial charge in [0, 0.05) is 31.1 Å². The zero-order valence-corrected chi connectivity index (χ0v) is 10.7. The smallest absolute Gasteiger partial charge is 0.326 e. The van der Waals surface area contributed by atoms with Crippen molar-refractivity contribution in [2.24, 2.45) is 0 Å². The third kappa shape index (κ3) is 2.98. The minimum absolute atomic E-state index is 0.295. The molecule has 1 atom stereocenters. The lowest BCUT2D eigenvalue weighted by molar-refractivity contribution is -0.141. The van der Waals surface area contributed by atoms with Crippen molar-refractivity contribution in [1.29, 1.82) is 0 Å². The molecule has 1 aliphatic rings. The van der Waals surface area contributed by atoms with E-state index in [1.54, 1.807) is 17.5 Å². The van der Waals surface area contributed by atoms with Crippen LogP contribution in [-0.2, 0) is 11.2 Å². The van der Waals surface area contributed by atoms with Crippen LogP contribution in [0.4, 0.5) is 4.79 Å². The number of aliphatic carboxylic acids is 1. The SMILES string of the molecule is O=C(O)C1CCCN1C(=O)NCCc1nccs1. The molecule has 2 rings (SSSR count). The number of hydrogen-bond donors (Lipinski definition) is 2. The average Bonchev–Trinajstić information content (AvgIpc) is 2.99. The van der Waals surface area contributed by atoms with E-state index < -0.39 is 12.0 Å². The van der Waals surface area contributed by atoms with Gasteiger partial charge in [-0.2, -0.15) is 0 Å². The van der Waals surface area contributed by atoms with Gasteiger partial charge in [0.05, 0.1) is 5.01 Å². The summed E-state index contributed by atoms with van der Waals surface area (Å²) in [7, 11) is 0. The number of nitrogens with zero attached hydrogens (tertiary/aromatic N) is 2. The first-order chi connectivity index (χ1) is 8.68. The Balaban J connectivity index is 1.79. The van der Waals surface area contributed by atoms with Gasteiger partial charge < -0.3 is 15.3 Å². The van der Waals surface area contributed by atoms with E-state index in [-0.39, 0.29) is 6.03 Å². The lowest BCUT2D eigenvalue weighted by Gasteiger charge is -2.21. The highest BCUT2D eigenvalue weighted by Crippen LogP contribution is 2.17. The van der Waals surface area contributed by atoms with Crippen LogP contribution in [0.15, 0.2) is 11.6 Å². The molecule has 7 heteroatoms. The average molecular weight is 269 g/mol. The van der Waals surface area contributed by atoms with Crippen LogP contribution < -0.4 is 5.32 Å². The highest BCUT2D eigenvalue weighted by molar-refractivity contribution is 7.09. The van der Waals surface area contributed by atoms with Gasteiger partial charge in [-0.3, -0.25) is 0 Å². The molecular formula is C11H15N3O3S. The molecule has 0 aliphatic carbocycles. The van der Waals surface area contributed by atoms with E-state index in [9.17, 15) is 9.59 Å². The second kappa shape index (κ2) is 5.81. The number of carbonyl (C=O) groups is 2. The van der Waals surface area contributed by atoms with Gasteiger partial charge in [-0.05, 0) is 12.8 Å². The zero-order valence-electron chi connectivity index (χ0n) is 9.83. The monoisotopic (exact) mass is 269 g/mol. The minimum Gasteiger partial charge on any atom is -0.480 e. The van der Waals surface area contributed by atoms with Gasteiger partial charge in [-0.25, -0.2) is 14.6 Å². The van der Waals surface area contributed by atoms with E-state index in [1.165, 1.54) is 4.90 Å². The molecule has 0 bridgehead atoms. The van der Waals surface area contributed by atoms with Crippen LogP contribution in [0.1, 0.15) is 17.8 Å². The predicted octanol–water partition coefficient (Wildman–Crippen LogP) is 0.944. The molecule has 18 heavy (non-hydrogen) atoms. The van der Waals surface area contributed by atoms with Gasteiger partial charge in [-0.1, -0.05) is 0 Å². The lowest BCUT2D eigenvalue weighted by Crippen LogP contribution is -2.46. The third-order valence-corrected chi connectivity index (χ3v) is 3.74. The topological polar surface area (TPSA) is 82.5 Å². The summed E-state index contributed by atoms with van der Waals surface area (Å²) in [5.41, 5.74) is 0. The van der Waals surface area contributed by atoms with E-state index in [0.717, 1.165) is 11.4 Å². The molecule has 98 valence electrons. The highest BCUT2D eigenvalue weighted by Gasteiger charge is 2.33. The quantitative estimate of drug-likeness (QED) is 0.852. The molecule has 1 aromatic rings. The van der Waals surface area contributed by atoms with Gasteiger partial charge in [0.2, 0.25) is 0 Å². The Morgan fingerprint density at radius 3 is 3.11 bits per heavy atom. The van der Waals surface area contributed by atoms with Crippen molar-refractivity contribution in [2.45, 2.75) is 25.3 Å². The minimum atomic E-state index is -0.928. The normalized spacial score (nSPS) is 18.9. The number of nitrogens with one attached hydrogen (secondary N) is 1. The fraction of sp³-hybridized carbons (Fsp3) is 0.545. The maximum atomic E-state index is 11.8. The number of carboxylic acids is 1. The first-order valence-corrected chi connectivity index (χ1v) is 6.72. The molecule has 2 N–H and O–H groups in total. The van der Waals surface area contributed by atoms with Crippen LogP contribution in [0.25, 0.3) is 0 Å². The van der Waals surface area contributed by atoms with Crippen LogP contribution >= 0.6 is 11.3 Å². The largest absolute Gasteiger partial charge is 0.480 e. The van der Waals surface area contributed by atoms with Gasteiger partial charge in [-0.15, -0.1) is 11.3 Å². The maximum absolute atomic E-state index is 11.8. The number of aromatic nitrogens is 1. The Kier molecular flexibility index (Phi) is 4.14. The van der Waals surface area contributed by atoms with Crippen LogP contribution in [0, 0.1) is 0 Å².